The number of nitrogens with zero attached hydrogens (tertiary/aromatic N) is 1. The number of aliphatic hydroxyl groups is 2. The van der Waals surface area contributed by atoms with Crippen molar-refractivity contribution in [3.8, 4) is 0 Å². The lowest BCUT2D eigenvalue weighted by molar-refractivity contribution is -0.168. The Kier molecular flexibility index (Phi) is 11.5. The molecule has 326 valence electrons. The third-order valence-corrected chi connectivity index (χ3v) is 14.1. The summed E-state index contributed by atoms with van der Waals surface area (Å²) in [5, 5.41) is 32.8. The molecule has 0 radical (unpaired) electrons. The van der Waals surface area contributed by atoms with Crippen LogP contribution < -0.4 is 5.73 Å². The van der Waals surface area contributed by atoms with Crippen LogP contribution in [0, 0.1) is 33.1 Å². The summed E-state index contributed by atoms with van der Waals surface area (Å²) in [6, 6.07) is 56.5. The van der Waals surface area contributed by atoms with Gasteiger partial charge < -0.3 is 20.8 Å². The molecule has 8 aromatic carbocycles. The van der Waals surface area contributed by atoms with Crippen molar-refractivity contribution in [2.75, 3.05) is 0 Å². The van der Waals surface area contributed by atoms with Gasteiger partial charge in [-0.05, 0) is 95.5 Å². The van der Waals surface area contributed by atoms with E-state index >= 15 is 4.79 Å². The molecule has 6 nitrogen and oxygen atoms in total. The van der Waals surface area contributed by atoms with Gasteiger partial charge in [0.15, 0.2) is 0 Å². The average molecular weight is 857 g/mol. The first kappa shape index (κ1) is 43.4. The third kappa shape index (κ3) is 7.51. The van der Waals surface area contributed by atoms with Gasteiger partial charge in [-0.2, -0.15) is 0 Å². The molecule has 9 rings (SSSR count). The first-order chi connectivity index (χ1) is 31.4. The van der Waals surface area contributed by atoms with Crippen molar-refractivity contribution in [2.24, 2.45) is 11.1 Å². The van der Waals surface area contributed by atoms with Gasteiger partial charge in [0.05, 0.1) is 12.1 Å². The first-order valence-electron chi connectivity index (χ1n) is 22.7. The summed E-state index contributed by atoms with van der Waals surface area (Å²) in [6.07, 6.45) is 1.67. The summed E-state index contributed by atoms with van der Waals surface area (Å²) in [7, 11) is 0. The standard InChI is InChI=1S/C59H56N2O4/c1-39-21-29-45(30-22-39)58(64,46-31-23-40(2)24-32-46)53(51-19-11-15-43-13-5-7-17-49(43)51)61(56(63)57(55(60)62)37-9-10-38-57)54(52-20-12-16-44-14-6-8-18-50(44)52)59(65,47-33-25-41(3)26-34-47)48-35-27-42(4)28-36-48/h5-8,11-36,53-54,64-65H,9-10,37-38H2,1-4H3,(H2,60,62)/t53-,54-/m0/s1. The molecular weight excluding hydrogens is 801 g/mol. The van der Waals surface area contributed by atoms with E-state index in [2.05, 4.69) is 0 Å². The number of hydrogen-bond acceptors (Lipinski definition) is 4. The van der Waals surface area contributed by atoms with Gasteiger partial charge in [0.2, 0.25) is 11.8 Å². The van der Waals surface area contributed by atoms with E-state index in [0.717, 1.165) is 43.8 Å². The SMILES string of the molecule is Cc1ccc(C(O)(c2ccc(C)cc2)[C@H](c2cccc3ccccc23)N(C(=O)C2(C(N)=O)CCCC2)[C@@H](c2cccc3ccccc23)C(O)(c2ccc(C)cc2)c2ccc(C)cc2)cc1. The molecule has 65 heavy (non-hydrogen) atoms. The van der Waals surface area contributed by atoms with Crippen LogP contribution in [0.3, 0.4) is 0 Å². The van der Waals surface area contributed by atoms with E-state index in [1.165, 1.54) is 0 Å². The predicted octanol–water partition coefficient (Wildman–Crippen LogP) is 11.8. The topological polar surface area (TPSA) is 104 Å². The zero-order valence-electron chi connectivity index (χ0n) is 37.5. The molecule has 0 unspecified atom stereocenters. The minimum absolute atomic E-state index is 0.225. The van der Waals surface area contributed by atoms with Crippen LogP contribution in [-0.4, -0.2) is 26.9 Å². The molecule has 1 fully saturated rings. The number of carbonyl (C=O) groups excluding carboxylic acids is 2. The normalized spacial score (nSPS) is 14.9. The number of fused-ring (bicyclic) bond motifs is 2. The third-order valence-electron chi connectivity index (χ3n) is 14.1. The summed E-state index contributed by atoms with van der Waals surface area (Å²) < 4.78 is 0. The molecule has 0 saturated heterocycles. The van der Waals surface area contributed by atoms with E-state index in [1.807, 2.05) is 210 Å². The van der Waals surface area contributed by atoms with Crippen molar-refractivity contribution in [1.82, 2.24) is 4.90 Å². The molecule has 4 N–H and O–H groups in total. The van der Waals surface area contributed by atoms with Gasteiger partial charge in [-0.3, -0.25) is 9.59 Å². The number of aryl methyl sites for hydroxylation is 4. The average Bonchev–Trinajstić information content (AvgIpc) is 3.84. The van der Waals surface area contributed by atoms with Crippen molar-refractivity contribution < 1.29 is 19.8 Å². The molecule has 0 bridgehead atoms. The molecule has 0 spiro atoms. The highest BCUT2D eigenvalue weighted by Gasteiger charge is 2.60. The van der Waals surface area contributed by atoms with Gasteiger partial charge >= 0.3 is 0 Å². The lowest BCUT2D eigenvalue weighted by atomic mass is 9.69. The molecular formula is C59H56N2O4. The van der Waals surface area contributed by atoms with Crippen molar-refractivity contribution in [1.29, 1.82) is 0 Å². The number of amides is 2. The molecule has 0 aliphatic heterocycles. The van der Waals surface area contributed by atoms with Crippen LogP contribution >= 0.6 is 0 Å². The number of hydrogen-bond donors (Lipinski definition) is 3. The van der Waals surface area contributed by atoms with E-state index in [1.54, 1.807) is 4.90 Å². The van der Waals surface area contributed by atoms with Crippen LogP contribution in [0.15, 0.2) is 182 Å². The van der Waals surface area contributed by atoms with Gasteiger partial charge in [-0.1, -0.05) is 217 Å². The van der Waals surface area contributed by atoms with Gasteiger partial charge in [0.25, 0.3) is 0 Å². The Morgan fingerprint density at radius 3 is 1.11 bits per heavy atom. The number of rotatable bonds is 12. The maximum atomic E-state index is 17.0. The fraction of sp³-hybridized carbons (Fsp3) is 0.220. The Morgan fingerprint density at radius 2 is 0.785 bits per heavy atom. The maximum absolute atomic E-state index is 17.0. The molecule has 1 aliphatic carbocycles. The Morgan fingerprint density at radius 1 is 0.477 bits per heavy atom. The summed E-state index contributed by atoms with van der Waals surface area (Å²) >= 11 is 0. The van der Waals surface area contributed by atoms with Crippen molar-refractivity contribution in [2.45, 2.75) is 76.7 Å². The summed E-state index contributed by atoms with van der Waals surface area (Å²) in [6.45, 7) is 8.01. The highest BCUT2D eigenvalue weighted by atomic mass is 16.3. The second-order valence-electron chi connectivity index (χ2n) is 18.3. The Hall–Kier alpha value is -6.86. The van der Waals surface area contributed by atoms with Gasteiger partial charge in [-0.25, -0.2) is 0 Å². The number of carbonyl (C=O) groups is 2. The minimum Gasteiger partial charge on any atom is -0.378 e. The zero-order chi connectivity index (χ0) is 45.5. The Labute approximate surface area is 382 Å². The second-order valence-corrected chi connectivity index (χ2v) is 18.3. The maximum Gasteiger partial charge on any atom is 0.239 e. The summed E-state index contributed by atoms with van der Waals surface area (Å²) in [5.74, 6) is -1.27. The van der Waals surface area contributed by atoms with Crippen LogP contribution in [0.5, 0.6) is 0 Å². The van der Waals surface area contributed by atoms with Crippen LogP contribution in [0.25, 0.3) is 21.5 Å². The lowest BCUT2D eigenvalue weighted by Gasteiger charge is -2.53. The zero-order valence-corrected chi connectivity index (χ0v) is 37.5. The van der Waals surface area contributed by atoms with Crippen molar-refractivity contribution in [3.05, 3.63) is 238 Å². The first-order valence-corrected chi connectivity index (χ1v) is 22.7. The van der Waals surface area contributed by atoms with Crippen LogP contribution in [0.1, 0.15) is 93.4 Å². The van der Waals surface area contributed by atoms with Crippen molar-refractivity contribution >= 4 is 33.4 Å². The summed E-state index contributed by atoms with van der Waals surface area (Å²) in [4.78, 5) is 33.1. The van der Waals surface area contributed by atoms with Gasteiger partial charge in [0.1, 0.15) is 16.6 Å². The molecule has 0 heterocycles. The van der Waals surface area contributed by atoms with E-state index in [-0.39, 0.29) is 12.8 Å². The molecule has 2 atom stereocenters. The van der Waals surface area contributed by atoms with E-state index in [0.29, 0.717) is 46.2 Å². The lowest BCUT2D eigenvalue weighted by Crippen LogP contribution is -2.59. The van der Waals surface area contributed by atoms with Gasteiger partial charge in [-0.15, -0.1) is 0 Å². The number of nitrogens with two attached hydrogens (primary N) is 1. The Bertz CT molecular complexity index is 2720. The molecule has 6 heteroatoms. The van der Waals surface area contributed by atoms with E-state index in [9.17, 15) is 15.0 Å². The fourth-order valence-corrected chi connectivity index (χ4v) is 10.5. The Balaban J connectivity index is 1.53. The minimum atomic E-state index is -2.01. The smallest absolute Gasteiger partial charge is 0.239 e. The van der Waals surface area contributed by atoms with Crippen LogP contribution in [0.2, 0.25) is 0 Å². The number of primary amides is 1. The molecule has 1 aliphatic rings. The van der Waals surface area contributed by atoms with Gasteiger partial charge in [0, 0.05) is 0 Å². The van der Waals surface area contributed by atoms with Crippen LogP contribution in [0.4, 0.5) is 0 Å². The highest BCUT2D eigenvalue weighted by molar-refractivity contribution is 6.05. The fourth-order valence-electron chi connectivity index (χ4n) is 10.5. The quantitative estimate of drug-likeness (QED) is 0.106. The molecule has 0 aromatic heterocycles. The largest absolute Gasteiger partial charge is 0.378 e. The van der Waals surface area contributed by atoms with Crippen molar-refractivity contribution in [3.63, 3.8) is 0 Å². The summed E-state index contributed by atoms with van der Waals surface area (Å²) in [5.41, 5.74) is 8.26. The molecule has 1 saturated carbocycles. The highest BCUT2D eigenvalue weighted by Crippen LogP contribution is 2.57. The predicted molar refractivity (Wildman–Crippen MR) is 261 cm³/mol. The van der Waals surface area contributed by atoms with Crippen LogP contribution in [-0.2, 0) is 20.8 Å². The monoisotopic (exact) mass is 856 g/mol. The second kappa shape index (κ2) is 17.3. The number of benzene rings is 8. The molecule has 2 amide bonds. The molecule has 8 aromatic rings. The van der Waals surface area contributed by atoms with E-state index < -0.39 is 40.5 Å². The van der Waals surface area contributed by atoms with E-state index in [4.69, 9.17) is 5.73 Å².